The molecule has 3 aromatic rings. The molecule has 0 unspecified atom stereocenters. The van der Waals surface area contributed by atoms with Gasteiger partial charge in [0.15, 0.2) is 0 Å². The molecule has 0 fully saturated rings. The summed E-state index contributed by atoms with van der Waals surface area (Å²) in [5, 5.41) is 3.19. The summed E-state index contributed by atoms with van der Waals surface area (Å²) >= 11 is 1.57. The third-order valence-electron chi connectivity index (χ3n) is 3.02. The molecule has 0 radical (unpaired) electrons. The minimum Gasteiger partial charge on any atom is -0.398 e. The summed E-state index contributed by atoms with van der Waals surface area (Å²) in [6, 6.07) is 8.62. The summed E-state index contributed by atoms with van der Waals surface area (Å²) in [6.07, 6.45) is 0. The second-order valence-corrected chi connectivity index (χ2v) is 5.21. The Kier molecular flexibility index (Phi) is 2.83. The lowest BCUT2D eigenvalue weighted by atomic mass is 10.1. The van der Waals surface area contributed by atoms with E-state index in [9.17, 15) is 4.39 Å². The van der Waals surface area contributed by atoms with E-state index in [4.69, 9.17) is 5.73 Å². The first-order chi connectivity index (χ1) is 9.13. The molecule has 0 saturated carbocycles. The van der Waals surface area contributed by atoms with Crippen molar-refractivity contribution in [2.45, 2.75) is 6.92 Å². The summed E-state index contributed by atoms with van der Waals surface area (Å²) in [7, 11) is 0. The van der Waals surface area contributed by atoms with Crippen molar-refractivity contribution >= 4 is 38.6 Å². The number of nitrogens with zero attached hydrogens (tertiary/aromatic N) is 1. The SMILES string of the molecule is Cc1c(N)cc(F)cc1Nc1ccc2ncsc2c1. The van der Waals surface area contributed by atoms with Crippen LogP contribution in [-0.4, -0.2) is 4.98 Å². The number of halogens is 1. The van der Waals surface area contributed by atoms with Crippen LogP contribution in [0, 0.1) is 12.7 Å². The largest absolute Gasteiger partial charge is 0.398 e. The monoisotopic (exact) mass is 273 g/mol. The van der Waals surface area contributed by atoms with Crippen molar-refractivity contribution in [3.05, 3.63) is 47.2 Å². The van der Waals surface area contributed by atoms with Crippen LogP contribution in [0.15, 0.2) is 35.8 Å². The average molecular weight is 273 g/mol. The van der Waals surface area contributed by atoms with Gasteiger partial charge >= 0.3 is 0 Å². The molecule has 1 heterocycles. The van der Waals surface area contributed by atoms with E-state index in [1.165, 1.54) is 12.1 Å². The van der Waals surface area contributed by atoms with Gasteiger partial charge in [-0.2, -0.15) is 0 Å². The Morgan fingerprint density at radius 2 is 2.11 bits per heavy atom. The molecular weight excluding hydrogens is 261 g/mol. The van der Waals surface area contributed by atoms with Gasteiger partial charge < -0.3 is 11.1 Å². The first-order valence-corrected chi connectivity index (χ1v) is 6.67. The number of nitrogen functional groups attached to an aromatic ring is 1. The minimum absolute atomic E-state index is 0.343. The summed E-state index contributed by atoms with van der Waals surface area (Å²) in [5.74, 6) is -0.343. The number of rotatable bonds is 2. The number of thiazole rings is 1. The van der Waals surface area contributed by atoms with Crippen LogP contribution in [0.5, 0.6) is 0 Å². The standard InChI is InChI=1S/C14H12FN3S/c1-8-11(16)4-9(15)5-13(8)18-10-2-3-12-14(6-10)19-7-17-12/h2-7,18H,16H2,1H3. The van der Waals surface area contributed by atoms with E-state index in [-0.39, 0.29) is 5.82 Å². The molecule has 3 rings (SSSR count). The fourth-order valence-electron chi connectivity index (χ4n) is 1.92. The third-order valence-corrected chi connectivity index (χ3v) is 3.81. The highest BCUT2D eigenvalue weighted by Gasteiger charge is 2.06. The van der Waals surface area contributed by atoms with Gasteiger partial charge in [-0.25, -0.2) is 9.37 Å². The number of nitrogens with two attached hydrogens (primary N) is 1. The van der Waals surface area contributed by atoms with Crippen LogP contribution >= 0.6 is 11.3 Å². The highest BCUT2D eigenvalue weighted by molar-refractivity contribution is 7.16. The predicted octanol–water partition coefficient (Wildman–Crippen LogP) is 4.07. The van der Waals surface area contributed by atoms with Gasteiger partial charge in [0.1, 0.15) is 5.82 Å². The first-order valence-electron chi connectivity index (χ1n) is 5.79. The van der Waals surface area contributed by atoms with Crippen molar-refractivity contribution < 1.29 is 4.39 Å². The van der Waals surface area contributed by atoms with E-state index in [0.29, 0.717) is 11.4 Å². The molecule has 3 nitrogen and oxygen atoms in total. The van der Waals surface area contributed by atoms with Gasteiger partial charge in [-0.3, -0.25) is 0 Å². The normalized spacial score (nSPS) is 10.8. The maximum absolute atomic E-state index is 13.4. The molecule has 3 N–H and O–H groups in total. The van der Waals surface area contributed by atoms with Crippen LogP contribution in [0.3, 0.4) is 0 Å². The minimum atomic E-state index is -0.343. The first kappa shape index (κ1) is 11.9. The van der Waals surface area contributed by atoms with Crippen molar-refractivity contribution in [2.75, 3.05) is 11.1 Å². The van der Waals surface area contributed by atoms with E-state index < -0.39 is 0 Å². The summed E-state index contributed by atoms with van der Waals surface area (Å²) in [4.78, 5) is 4.22. The van der Waals surface area contributed by atoms with Crippen LogP contribution in [0.2, 0.25) is 0 Å². The predicted molar refractivity (Wildman–Crippen MR) is 78.5 cm³/mol. The molecule has 0 spiro atoms. The second-order valence-electron chi connectivity index (χ2n) is 4.33. The molecule has 2 aromatic carbocycles. The van der Waals surface area contributed by atoms with Crippen molar-refractivity contribution in [3.8, 4) is 0 Å². The van der Waals surface area contributed by atoms with Crippen LogP contribution in [-0.2, 0) is 0 Å². The molecule has 0 atom stereocenters. The van der Waals surface area contributed by atoms with Gasteiger partial charge in [-0.1, -0.05) is 0 Å². The Morgan fingerprint density at radius 3 is 2.95 bits per heavy atom. The third kappa shape index (κ3) is 2.24. The highest BCUT2D eigenvalue weighted by atomic mass is 32.1. The molecule has 0 amide bonds. The maximum Gasteiger partial charge on any atom is 0.127 e. The van der Waals surface area contributed by atoms with Gasteiger partial charge in [0.25, 0.3) is 0 Å². The fraction of sp³-hybridized carbons (Fsp3) is 0.0714. The number of benzene rings is 2. The lowest BCUT2D eigenvalue weighted by molar-refractivity contribution is 0.629. The molecule has 0 aliphatic carbocycles. The van der Waals surface area contributed by atoms with E-state index in [2.05, 4.69) is 10.3 Å². The van der Waals surface area contributed by atoms with E-state index in [1.54, 1.807) is 16.8 Å². The number of hydrogen-bond donors (Lipinski definition) is 2. The van der Waals surface area contributed by atoms with Crippen LogP contribution < -0.4 is 11.1 Å². The zero-order valence-electron chi connectivity index (χ0n) is 10.3. The summed E-state index contributed by atoms with van der Waals surface area (Å²) in [6.45, 7) is 1.86. The lowest BCUT2D eigenvalue weighted by Crippen LogP contribution is -1.98. The number of nitrogens with one attached hydrogen (secondary N) is 1. The highest BCUT2D eigenvalue weighted by Crippen LogP contribution is 2.28. The molecule has 1 aromatic heterocycles. The Labute approximate surface area is 113 Å². The Balaban J connectivity index is 2.00. The van der Waals surface area contributed by atoms with Gasteiger partial charge in [-0.05, 0) is 42.8 Å². The quantitative estimate of drug-likeness (QED) is 0.692. The molecule has 19 heavy (non-hydrogen) atoms. The van der Waals surface area contributed by atoms with Crippen LogP contribution in [0.4, 0.5) is 21.5 Å². The molecule has 96 valence electrons. The molecule has 0 saturated heterocycles. The molecular formula is C14H12FN3S. The number of aromatic nitrogens is 1. The topological polar surface area (TPSA) is 50.9 Å². The number of anilines is 3. The van der Waals surface area contributed by atoms with Gasteiger partial charge in [0, 0.05) is 17.1 Å². The van der Waals surface area contributed by atoms with E-state index in [1.807, 2.05) is 25.1 Å². The van der Waals surface area contributed by atoms with Crippen LogP contribution in [0.25, 0.3) is 10.2 Å². The molecule has 0 aliphatic heterocycles. The average Bonchev–Trinajstić information content (AvgIpc) is 2.82. The Bertz CT molecular complexity index is 752. The Morgan fingerprint density at radius 1 is 1.26 bits per heavy atom. The molecule has 5 heteroatoms. The number of fused-ring (bicyclic) bond motifs is 1. The van der Waals surface area contributed by atoms with Gasteiger partial charge in [0.2, 0.25) is 0 Å². The second kappa shape index (κ2) is 4.51. The van der Waals surface area contributed by atoms with Crippen LogP contribution in [0.1, 0.15) is 5.56 Å². The summed E-state index contributed by atoms with van der Waals surface area (Å²) < 4.78 is 14.5. The summed E-state index contributed by atoms with van der Waals surface area (Å²) in [5.41, 5.74) is 11.4. The molecule has 0 aliphatic rings. The van der Waals surface area contributed by atoms with Crippen molar-refractivity contribution in [3.63, 3.8) is 0 Å². The fourth-order valence-corrected chi connectivity index (χ4v) is 2.63. The van der Waals surface area contributed by atoms with E-state index in [0.717, 1.165) is 21.5 Å². The van der Waals surface area contributed by atoms with Crippen molar-refractivity contribution in [1.29, 1.82) is 0 Å². The number of hydrogen-bond acceptors (Lipinski definition) is 4. The zero-order valence-corrected chi connectivity index (χ0v) is 11.1. The lowest BCUT2D eigenvalue weighted by Gasteiger charge is -2.11. The van der Waals surface area contributed by atoms with Gasteiger partial charge in [-0.15, -0.1) is 11.3 Å². The zero-order chi connectivity index (χ0) is 13.4. The van der Waals surface area contributed by atoms with E-state index >= 15 is 0 Å². The van der Waals surface area contributed by atoms with Gasteiger partial charge in [0.05, 0.1) is 15.7 Å². The van der Waals surface area contributed by atoms with Crippen molar-refractivity contribution in [2.24, 2.45) is 0 Å². The maximum atomic E-state index is 13.4. The van der Waals surface area contributed by atoms with Crippen molar-refractivity contribution in [1.82, 2.24) is 4.98 Å². The smallest absolute Gasteiger partial charge is 0.127 e. The molecule has 0 bridgehead atoms. The Hall–Kier alpha value is -2.14.